The molecule has 0 saturated heterocycles. The smallest absolute Gasteiger partial charge is 0.290 e. The molecule has 30 heavy (non-hydrogen) atoms. The monoisotopic (exact) mass is 398 g/mol. The first-order valence-electron chi connectivity index (χ1n) is 10.1. The Morgan fingerprint density at radius 1 is 0.900 bits per heavy atom. The first-order chi connectivity index (χ1) is 14.6. The van der Waals surface area contributed by atoms with E-state index >= 15 is 0 Å². The van der Waals surface area contributed by atoms with Crippen molar-refractivity contribution in [3.05, 3.63) is 93.8 Å². The molecule has 1 atom stereocenters. The van der Waals surface area contributed by atoms with Gasteiger partial charge in [-0.15, -0.1) is 0 Å². The average Bonchev–Trinajstić information content (AvgIpc) is 3.05. The molecule has 0 fully saturated rings. The number of benzene rings is 3. The topological polar surface area (TPSA) is 53.8 Å². The Morgan fingerprint density at radius 3 is 2.40 bits per heavy atom. The number of hydrogen-bond acceptors (Lipinski definition) is 4. The Hall–Kier alpha value is -3.44. The second-order valence-electron chi connectivity index (χ2n) is 7.95. The molecule has 0 N–H and O–H groups in total. The van der Waals surface area contributed by atoms with Gasteiger partial charge in [0.2, 0.25) is 5.76 Å². The van der Waals surface area contributed by atoms with Crippen LogP contribution in [0, 0.1) is 0 Å². The van der Waals surface area contributed by atoms with Gasteiger partial charge in [0, 0.05) is 18.5 Å². The minimum atomic E-state index is -0.444. The second-order valence-corrected chi connectivity index (χ2v) is 7.95. The summed E-state index contributed by atoms with van der Waals surface area (Å²) in [7, 11) is 3.93. The molecule has 1 aromatic heterocycles. The van der Waals surface area contributed by atoms with Crippen LogP contribution in [0.5, 0.6) is 0 Å². The summed E-state index contributed by atoms with van der Waals surface area (Å²) in [5, 5.41) is 2.32. The quantitative estimate of drug-likeness (QED) is 0.487. The van der Waals surface area contributed by atoms with E-state index < -0.39 is 6.04 Å². The molecule has 0 aliphatic carbocycles. The first kappa shape index (κ1) is 18.6. The second kappa shape index (κ2) is 7.11. The number of fused-ring (bicyclic) bond motifs is 4. The van der Waals surface area contributed by atoms with Crippen molar-refractivity contribution in [2.24, 2.45) is 0 Å². The van der Waals surface area contributed by atoms with Gasteiger partial charge in [0.25, 0.3) is 5.91 Å². The van der Waals surface area contributed by atoms with Gasteiger partial charge in [0.05, 0.1) is 17.0 Å². The summed E-state index contributed by atoms with van der Waals surface area (Å²) in [5.41, 5.74) is 1.70. The maximum absolute atomic E-state index is 13.6. The van der Waals surface area contributed by atoms with Gasteiger partial charge in [-0.25, -0.2) is 0 Å². The predicted octanol–water partition coefficient (Wildman–Crippen LogP) is 4.05. The molecular formula is C25H22N2O3. The van der Waals surface area contributed by atoms with E-state index in [2.05, 4.69) is 0 Å². The average molecular weight is 398 g/mol. The van der Waals surface area contributed by atoms with Gasteiger partial charge in [-0.05, 0) is 31.1 Å². The Morgan fingerprint density at radius 2 is 1.63 bits per heavy atom. The molecule has 1 unspecified atom stereocenters. The summed E-state index contributed by atoms with van der Waals surface area (Å²) in [6.45, 7) is 1.20. The Labute approximate surface area is 174 Å². The zero-order valence-electron chi connectivity index (χ0n) is 17.0. The summed E-state index contributed by atoms with van der Waals surface area (Å²) < 4.78 is 6.19. The van der Waals surface area contributed by atoms with Crippen molar-refractivity contribution in [2.45, 2.75) is 6.04 Å². The summed E-state index contributed by atoms with van der Waals surface area (Å²) >= 11 is 0. The van der Waals surface area contributed by atoms with Crippen LogP contribution in [0.1, 0.15) is 27.7 Å². The van der Waals surface area contributed by atoms with Gasteiger partial charge < -0.3 is 14.2 Å². The van der Waals surface area contributed by atoms with Crippen LogP contribution >= 0.6 is 0 Å². The van der Waals surface area contributed by atoms with E-state index in [0.29, 0.717) is 29.6 Å². The number of carbonyl (C=O) groups excluding carboxylic acids is 1. The predicted molar refractivity (Wildman–Crippen MR) is 118 cm³/mol. The standard InChI is InChI=1S/C25H22N2O3/c1-26(2)14-15-27-21(17-9-4-3-5-10-17)20-22(28)19-13-12-16-8-6-7-11-18(16)23(19)30-24(20)25(27)29/h3-13,21H,14-15H2,1-2H3. The van der Waals surface area contributed by atoms with Crippen molar-refractivity contribution in [3.63, 3.8) is 0 Å². The Kier molecular flexibility index (Phi) is 4.40. The molecule has 5 nitrogen and oxygen atoms in total. The molecule has 0 spiro atoms. The lowest BCUT2D eigenvalue weighted by molar-refractivity contribution is 0.0716. The van der Waals surface area contributed by atoms with Gasteiger partial charge in [-0.2, -0.15) is 0 Å². The molecular weight excluding hydrogens is 376 g/mol. The number of carbonyl (C=O) groups is 1. The van der Waals surface area contributed by atoms with E-state index in [1.54, 1.807) is 11.0 Å². The van der Waals surface area contributed by atoms with Gasteiger partial charge in [0.1, 0.15) is 5.58 Å². The van der Waals surface area contributed by atoms with Crippen molar-refractivity contribution in [1.29, 1.82) is 0 Å². The maximum Gasteiger partial charge on any atom is 0.290 e. The van der Waals surface area contributed by atoms with Crippen LogP contribution in [-0.2, 0) is 0 Å². The highest BCUT2D eigenvalue weighted by Gasteiger charge is 2.42. The van der Waals surface area contributed by atoms with Crippen molar-refractivity contribution in [2.75, 3.05) is 27.2 Å². The molecule has 1 aliphatic rings. The Balaban J connectivity index is 1.78. The zero-order valence-corrected chi connectivity index (χ0v) is 17.0. The molecule has 3 aromatic carbocycles. The van der Waals surface area contributed by atoms with Gasteiger partial charge in [-0.1, -0.05) is 60.7 Å². The molecule has 0 bridgehead atoms. The van der Waals surface area contributed by atoms with Crippen LogP contribution in [0.2, 0.25) is 0 Å². The van der Waals surface area contributed by atoms with E-state index in [0.717, 1.165) is 16.3 Å². The summed E-state index contributed by atoms with van der Waals surface area (Å²) in [6, 6.07) is 20.7. The molecule has 1 amide bonds. The van der Waals surface area contributed by atoms with Crippen LogP contribution in [0.4, 0.5) is 0 Å². The fourth-order valence-electron chi connectivity index (χ4n) is 4.27. The number of nitrogens with zero attached hydrogens (tertiary/aromatic N) is 2. The van der Waals surface area contributed by atoms with Gasteiger partial charge in [-0.3, -0.25) is 9.59 Å². The van der Waals surface area contributed by atoms with Crippen LogP contribution in [0.15, 0.2) is 75.9 Å². The number of amides is 1. The third-order valence-corrected chi connectivity index (χ3v) is 5.76. The molecule has 0 radical (unpaired) electrons. The molecule has 0 saturated carbocycles. The molecule has 2 heterocycles. The van der Waals surface area contributed by atoms with Crippen LogP contribution < -0.4 is 5.43 Å². The summed E-state index contributed by atoms with van der Waals surface area (Å²) in [6.07, 6.45) is 0. The molecule has 5 rings (SSSR count). The first-order valence-corrected chi connectivity index (χ1v) is 10.1. The zero-order chi connectivity index (χ0) is 20.8. The van der Waals surface area contributed by atoms with Gasteiger partial charge >= 0.3 is 0 Å². The highest BCUT2D eigenvalue weighted by atomic mass is 16.3. The van der Waals surface area contributed by atoms with Crippen molar-refractivity contribution >= 4 is 27.6 Å². The van der Waals surface area contributed by atoms with E-state index in [1.807, 2.05) is 79.7 Å². The molecule has 5 heteroatoms. The van der Waals surface area contributed by atoms with Crippen LogP contribution in [0.3, 0.4) is 0 Å². The number of rotatable bonds is 4. The minimum absolute atomic E-state index is 0.133. The third-order valence-electron chi connectivity index (χ3n) is 5.76. The van der Waals surface area contributed by atoms with Crippen molar-refractivity contribution in [1.82, 2.24) is 9.80 Å². The molecule has 1 aliphatic heterocycles. The van der Waals surface area contributed by atoms with E-state index in [-0.39, 0.29) is 17.1 Å². The van der Waals surface area contributed by atoms with E-state index in [1.165, 1.54) is 0 Å². The largest absolute Gasteiger partial charge is 0.450 e. The normalized spacial score (nSPS) is 16.0. The Bertz CT molecular complexity index is 1330. The lowest BCUT2D eigenvalue weighted by atomic mass is 9.97. The lowest BCUT2D eigenvalue weighted by Gasteiger charge is -2.26. The molecule has 4 aromatic rings. The van der Waals surface area contributed by atoms with Crippen molar-refractivity contribution in [3.8, 4) is 0 Å². The summed E-state index contributed by atoms with van der Waals surface area (Å²) in [5.74, 6) is -0.0656. The van der Waals surface area contributed by atoms with E-state index in [4.69, 9.17) is 4.42 Å². The molecule has 150 valence electrons. The highest BCUT2D eigenvalue weighted by molar-refractivity contribution is 6.06. The minimum Gasteiger partial charge on any atom is -0.450 e. The van der Waals surface area contributed by atoms with Crippen molar-refractivity contribution < 1.29 is 9.21 Å². The summed E-state index contributed by atoms with van der Waals surface area (Å²) in [4.78, 5) is 30.8. The van der Waals surface area contributed by atoms with E-state index in [9.17, 15) is 9.59 Å². The number of hydrogen-bond donors (Lipinski definition) is 0. The maximum atomic E-state index is 13.6. The lowest BCUT2D eigenvalue weighted by Crippen LogP contribution is -2.35. The SMILES string of the molecule is CN(C)CCN1C(=O)c2oc3c(ccc4ccccc43)c(=O)c2C1c1ccccc1. The highest BCUT2D eigenvalue weighted by Crippen LogP contribution is 2.38. The van der Waals surface area contributed by atoms with Crippen LogP contribution in [-0.4, -0.2) is 42.9 Å². The fraction of sp³-hybridized carbons (Fsp3) is 0.200. The number of likely N-dealkylation sites (N-methyl/N-ethyl adjacent to an activating group) is 1. The van der Waals surface area contributed by atoms with Crippen LogP contribution in [0.25, 0.3) is 21.7 Å². The fourth-order valence-corrected chi connectivity index (χ4v) is 4.27. The van der Waals surface area contributed by atoms with Gasteiger partial charge in [0.15, 0.2) is 5.43 Å². The third kappa shape index (κ3) is 2.82.